The molecule has 1 aromatic rings. The molecule has 1 N–H and O–H groups in total. The first-order chi connectivity index (χ1) is 11.6. The van der Waals surface area contributed by atoms with Crippen LogP contribution in [0.2, 0.25) is 0 Å². The van der Waals surface area contributed by atoms with Crippen molar-refractivity contribution in [2.24, 2.45) is 5.41 Å². The topological polar surface area (TPSA) is 49.4 Å². The quantitative estimate of drug-likeness (QED) is 0.872. The third-order valence-corrected chi connectivity index (χ3v) is 5.69. The second-order valence-corrected chi connectivity index (χ2v) is 7.30. The lowest BCUT2D eigenvalue weighted by molar-refractivity contribution is -0.133. The first-order valence-electron chi connectivity index (χ1n) is 9.24. The van der Waals surface area contributed by atoms with E-state index in [0.29, 0.717) is 25.3 Å². The van der Waals surface area contributed by atoms with Gasteiger partial charge in [-0.25, -0.2) is 0 Å². The average molecular weight is 328 g/mol. The van der Waals surface area contributed by atoms with Gasteiger partial charge in [0.15, 0.2) is 0 Å². The largest absolute Gasteiger partial charge is 0.356 e. The standard InChI is InChI=1S/C20H28N2O2/c1-2-13-21-18(23)9-10-19(24)22-14-17(16-7-4-3-5-8-16)20(15-22)11-6-12-20/h3-5,7-8,17H,2,6,9-15H2,1H3,(H,21,23). The molecule has 4 nitrogen and oxygen atoms in total. The Morgan fingerprint density at radius 3 is 2.58 bits per heavy atom. The van der Waals surface area contributed by atoms with E-state index in [1.54, 1.807) is 0 Å². The van der Waals surface area contributed by atoms with Crippen molar-refractivity contribution in [1.29, 1.82) is 0 Å². The Labute approximate surface area is 144 Å². The van der Waals surface area contributed by atoms with Gasteiger partial charge in [0, 0.05) is 38.4 Å². The molecule has 1 heterocycles. The summed E-state index contributed by atoms with van der Waals surface area (Å²) in [5.74, 6) is 0.569. The van der Waals surface area contributed by atoms with Crippen LogP contribution in [-0.4, -0.2) is 36.3 Å². The Hall–Kier alpha value is -1.84. The van der Waals surface area contributed by atoms with Gasteiger partial charge >= 0.3 is 0 Å². The molecular weight excluding hydrogens is 300 g/mol. The first kappa shape index (κ1) is 17.0. The van der Waals surface area contributed by atoms with Crippen LogP contribution in [-0.2, 0) is 9.59 Å². The van der Waals surface area contributed by atoms with Crippen molar-refractivity contribution >= 4 is 11.8 Å². The molecule has 1 aliphatic heterocycles. The minimum Gasteiger partial charge on any atom is -0.356 e. The summed E-state index contributed by atoms with van der Waals surface area (Å²) in [6.07, 6.45) is 5.25. The fraction of sp³-hybridized carbons (Fsp3) is 0.600. The van der Waals surface area contributed by atoms with Crippen LogP contribution in [0.25, 0.3) is 0 Å². The van der Waals surface area contributed by atoms with Gasteiger partial charge in [0.05, 0.1) is 0 Å². The van der Waals surface area contributed by atoms with Gasteiger partial charge in [-0.1, -0.05) is 43.7 Å². The molecular formula is C20H28N2O2. The maximum Gasteiger partial charge on any atom is 0.223 e. The van der Waals surface area contributed by atoms with Crippen LogP contribution >= 0.6 is 0 Å². The van der Waals surface area contributed by atoms with Gasteiger partial charge in [0.2, 0.25) is 11.8 Å². The lowest BCUT2D eigenvalue weighted by Crippen LogP contribution is -2.38. The van der Waals surface area contributed by atoms with E-state index in [-0.39, 0.29) is 17.2 Å². The van der Waals surface area contributed by atoms with Crippen molar-refractivity contribution in [3.63, 3.8) is 0 Å². The SMILES string of the molecule is CCCNC(=O)CCC(=O)N1CC(c2ccccc2)C2(CCC2)C1. The van der Waals surface area contributed by atoms with E-state index in [2.05, 4.69) is 29.6 Å². The zero-order valence-electron chi connectivity index (χ0n) is 14.6. The van der Waals surface area contributed by atoms with Gasteiger partial charge in [0.1, 0.15) is 0 Å². The lowest BCUT2D eigenvalue weighted by Gasteiger charge is -2.43. The molecule has 4 heteroatoms. The van der Waals surface area contributed by atoms with E-state index >= 15 is 0 Å². The Bertz CT molecular complexity index is 581. The van der Waals surface area contributed by atoms with Crippen molar-refractivity contribution in [2.45, 2.75) is 51.4 Å². The van der Waals surface area contributed by atoms with Gasteiger partial charge in [-0.2, -0.15) is 0 Å². The molecule has 24 heavy (non-hydrogen) atoms. The third kappa shape index (κ3) is 3.47. The number of nitrogens with one attached hydrogen (secondary N) is 1. The zero-order valence-corrected chi connectivity index (χ0v) is 14.6. The fourth-order valence-electron chi connectivity index (χ4n) is 4.17. The molecule has 3 rings (SSSR count). The van der Waals surface area contributed by atoms with E-state index in [0.717, 1.165) is 19.5 Å². The second-order valence-electron chi connectivity index (χ2n) is 7.30. The highest BCUT2D eigenvalue weighted by atomic mass is 16.2. The summed E-state index contributed by atoms with van der Waals surface area (Å²) in [5.41, 5.74) is 1.63. The predicted octanol–water partition coefficient (Wildman–Crippen LogP) is 3.09. The highest BCUT2D eigenvalue weighted by Gasteiger charge is 2.51. The van der Waals surface area contributed by atoms with E-state index in [4.69, 9.17) is 0 Å². The third-order valence-electron chi connectivity index (χ3n) is 5.69. The Kier molecular flexibility index (Phi) is 5.22. The van der Waals surface area contributed by atoms with Crippen molar-refractivity contribution in [3.8, 4) is 0 Å². The smallest absolute Gasteiger partial charge is 0.223 e. The Morgan fingerprint density at radius 1 is 1.21 bits per heavy atom. The average Bonchev–Trinajstić information content (AvgIpc) is 3.00. The highest BCUT2D eigenvalue weighted by molar-refractivity contribution is 5.84. The number of rotatable bonds is 6. The van der Waals surface area contributed by atoms with Crippen LogP contribution in [0.5, 0.6) is 0 Å². The molecule has 2 amide bonds. The summed E-state index contributed by atoms with van der Waals surface area (Å²) in [6.45, 7) is 4.38. The van der Waals surface area contributed by atoms with Crippen LogP contribution < -0.4 is 5.32 Å². The fourth-order valence-corrected chi connectivity index (χ4v) is 4.17. The summed E-state index contributed by atoms with van der Waals surface area (Å²) < 4.78 is 0. The number of carbonyl (C=O) groups excluding carboxylic acids is 2. The van der Waals surface area contributed by atoms with Gasteiger partial charge in [-0.05, 0) is 30.2 Å². The van der Waals surface area contributed by atoms with Crippen LogP contribution in [0.3, 0.4) is 0 Å². The van der Waals surface area contributed by atoms with E-state index in [1.165, 1.54) is 24.8 Å². The molecule has 1 saturated heterocycles. The van der Waals surface area contributed by atoms with E-state index in [9.17, 15) is 9.59 Å². The molecule has 1 unspecified atom stereocenters. The minimum absolute atomic E-state index is 0.0117. The number of carbonyl (C=O) groups is 2. The summed E-state index contributed by atoms with van der Waals surface area (Å²) in [5, 5.41) is 2.84. The van der Waals surface area contributed by atoms with Gasteiger partial charge in [-0.3, -0.25) is 9.59 Å². The maximum atomic E-state index is 12.6. The van der Waals surface area contributed by atoms with E-state index < -0.39 is 0 Å². The van der Waals surface area contributed by atoms with Gasteiger partial charge in [0.25, 0.3) is 0 Å². The summed E-state index contributed by atoms with van der Waals surface area (Å²) in [6, 6.07) is 10.6. The second kappa shape index (κ2) is 7.37. The van der Waals surface area contributed by atoms with Crippen molar-refractivity contribution in [1.82, 2.24) is 10.2 Å². The highest BCUT2D eigenvalue weighted by Crippen LogP contribution is 2.55. The Morgan fingerprint density at radius 2 is 1.96 bits per heavy atom. The maximum absolute atomic E-state index is 12.6. The summed E-state index contributed by atoms with van der Waals surface area (Å²) in [7, 11) is 0. The summed E-state index contributed by atoms with van der Waals surface area (Å²) >= 11 is 0. The van der Waals surface area contributed by atoms with Crippen LogP contribution in [0, 0.1) is 5.41 Å². The molecule has 1 saturated carbocycles. The van der Waals surface area contributed by atoms with Crippen LogP contribution in [0.4, 0.5) is 0 Å². The molecule has 2 aliphatic rings. The predicted molar refractivity (Wildman–Crippen MR) is 94.6 cm³/mol. The number of likely N-dealkylation sites (tertiary alicyclic amines) is 1. The van der Waals surface area contributed by atoms with Crippen molar-refractivity contribution < 1.29 is 9.59 Å². The first-order valence-corrected chi connectivity index (χ1v) is 9.24. The number of amides is 2. The molecule has 0 bridgehead atoms. The normalized spacial score (nSPS) is 21.5. The molecule has 2 fully saturated rings. The molecule has 1 aliphatic carbocycles. The van der Waals surface area contributed by atoms with Crippen molar-refractivity contribution in [3.05, 3.63) is 35.9 Å². The number of hydrogen-bond acceptors (Lipinski definition) is 2. The minimum atomic E-state index is -0.0117. The van der Waals surface area contributed by atoms with Crippen LogP contribution in [0.15, 0.2) is 30.3 Å². The lowest BCUT2D eigenvalue weighted by atomic mass is 9.61. The Balaban J connectivity index is 1.60. The molecule has 1 aromatic carbocycles. The van der Waals surface area contributed by atoms with Crippen LogP contribution in [0.1, 0.15) is 56.9 Å². The molecule has 1 atom stereocenters. The van der Waals surface area contributed by atoms with Crippen molar-refractivity contribution in [2.75, 3.05) is 19.6 Å². The summed E-state index contributed by atoms with van der Waals surface area (Å²) in [4.78, 5) is 26.3. The monoisotopic (exact) mass is 328 g/mol. The number of nitrogens with zero attached hydrogens (tertiary/aromatic N) is 1. The van der Waals surface area contributed by atoms with E-state index in [1.807, 2.05) is 17.9 Å². The molecule has 1 spiro atoms. The molecule has 0 radical (unpaired) electrons. The number of benzene rings is 1. The van der Waals surface area contributed by atoms with Gasteiger partial charge < -0.3 is 10.2 Å². The molecule has 0 aromatic heterocycles. The zero-order chi connectivity index (χ0) is 17.0. The van der Waals surface area contributed by atoms with Gasteiger partial charge in [-0.15, -0.1) is 0 Å². The number of hydrogen-bond donors (Lipinski definition) is 1. The molecule has 130 valence electrons.